The molecule has 0 spiro atoms. The lowest BCUT2D eigenvalue weighted by Gasteiger charge is -2.30. The second-order valence-electron chi connectivity index (χ2n) is 5.27. The normalized spacial score (nSPS) is 28.9. The van der Waals surface area contributed by atoms with E-state index in [-0.39, 0.29) is 11.7 Å². The van der Waals surface area contributed by atoms with Crippen LogP contribution < -0.4 is 5.56 Å². The fourth-order valence-corrected chi connectivity index (χ4v) is 3.18. The standard InChI is InChI=1S/C14H18BrNO2/c15-11-6-7-18-13(8-11)10-4-5-14(17)16(9-10)12-2-1-3-12/h4-5,9,11-13H,1-3,6-8H2. The van der Waals surface area contributed by atoms with Crippen LogP contribution in [0.5, 0.6) is 0 Å². The summed E-state index contributed by atoms with van der Waals surface area (Å²) >= 11 is 3.66. The third-order valence-electron chi connectivity index (χ3n) is 4.02. The number of pyridine rings is 1. The highest BCUT2D eigenvalue weighted by Gasteiger charge is 2.25. The maximum absolute atomic E-state index is 11.9. The topological polar surface area (TPSA) is 31.2 Å². The van der Waals surface area contributed by atoms with Crippen LogP contribution in [0.2, 0.25) is 0 Å². The molecule has 0 aromatic carbocycles. The molecule has 4 heteroatoms. The molecule has 2 aliphatic rings. The molecule has 2 fully saturated rings. The SMILES string of the molecule is O=c1ccc(C2CC(Br)CCO2)cn1C1CCC1. The number of ether oxygens (including phenoxy) is 1. The summed E-state index contributed by atoms with van der Waals surface area (Å²) in [7, 11) is 0. The summed E-state index contributed by atoms with van der Waals surface area (Å²) in [5, 5.41) is 0. The molecule has 0 N–H and O–H groups in total. The van der Waals surface area contributed by atoms with E-state index in [1.165, 1.54) is 6.42 Å². The number of hydrogen-bond acceptors (Lipinski definition) is 2. The van der Waals surface area contributed by atoms with Crippen LogP contribution in [0.25, 0.3) is 0 Å². The summed E-state index contributed by atoms with van der Waals surface area (Å²) in [6.07, 6.45) is 7.72. The predicted molar refractivity (Wildman–Crippen MR) is 74.2 cm³/mol. The molecular formula is C14H18BrNO2. The van der Waals surface area contributed by atoms with Crippen LogP contribution in [0.4, 0.5) is 0 Å². The Labute approximate surface area is 115 Å². The summed E-state index contributed by atoms with van der Waals surface area (Å²) < 4.78 is 7.72. The molecule has 2 atom stereocenters. The van der Waals surface area contributed by atoms with Crippen LogP contribution in [0, 0.1) is 0 Å². The zero-order chi connectivity index (χ0) is 12.5. The summed E-state index contributed by atoms with van der Waals surface area (Å²) in [4.78, 5) is 12.4. The van der Waals surface area contributed by atoms with Gasteiger partial charge in [-0.1, -0.05) is 15.9 Å². The lowest BCUT2D eigenvalue weighted by atomic mass is 9.92. The molecule has 1 aromatic heterocycles. The first-order valence-electron chi connectivity index (χ1n) is 6.72. The minimum atomic E-state index is 0.120. The monoisotopic (exact) mass is 311 g/mol. The van der Waals surface area contributed by atoms with Crippen molar-refractivity contribution in [1.29, 1.82) is 0 Å². The van der Waals surface area contributed by atoms with Crippen molar-refractivity contribution in [1.82, 2.24) is 4.57 Å². The average Bonchev–Trinajstić information content (AvgIpc) is 2.29. The fourth-order valence-electron chi connectivity index (χ4n) is 2.65. The Hall–Kier alpha value is -0.610. The number of nitrogens with zero attached hydrogens (tertiary/aromatic N) is 1. The van der Waals surface area contributed by atoms with Crippen molar-refractivity contribution in [2.24, 2.45) is 0 Å². The lowest BCUT2D eigenvalue weighted by Crippen LogP contribution is -2.29. The van der Waals surface area contributed by atoms with Crippen LogP contribution >= 0.6 is 15.9 Å². The number of aromatic nitrogens is 1. The van der Waals surface area contributed by atoms with Gasteiger partial charge >= 0.3 is 0 Å². The Morgan fingerprint density at radius 2 is 2.11 bits per heavy atom. The summed E-state index contributed by atoms with van der Waals surface area (Å²) in [6.45, 7) is 0.795. The maximum atomic E-state index is 11.9. The Bertz CT molecular complexity index is 481. The van der Waals surface area contributed by atoms with Gasteiger partial charge in [-0.2, -0.15) is 0 Å². The molecule has 18 heavy (non-hydrogen) atoms. The quantitative estimate of drug-likeness (QED) is 0.785. The van der Waals surface area contributed by atoms with E-state index in [4.69, 9.17) is 4.74 Å². The molecule has 1 aromatic rings. The summed E-state index contributed by atoms with van der Waals surface area (Å²) in [6, 6.07) is 4.03. The van der Waals surface area contributed by atoms with Crippen molar-refractivity contribution >= 4 is 15.9 Å². The van der Waals surface area contributed by atoms with Crippen molar-refractivity contribution in [2.75, 3.05) is 6.61 Å². The van der Waals surface area contributed by atoms with Crippen LogP contribution in [0.15, 0.2) is 23.1 Å². The lowest BCUT2D eigenvalue weighted by molar-refractivity contribution is 0.0181. The molecule has 3 rings (SSSR count). The molecule has 2 unspecified atom stereocenters. The van der Waals surface area contributed by atoms with Gasteiger partial charge in [-0.3, -0.25) is 4.79 Å². The van der Waals surface area contributed by atoms with E-state index in [2.05, 4.69) is 15.9 Å². The highest BCUT2D eigenvalue weighted by Crippen LogP contribution is 2.33. The van der Waals surface area contributed by atoms with Gasteiger partial charge in [-0.05, 0) is 43.7 Å². The van der Waals surface area contributed by atoms with Gasteiger partial charge in [0.15, 0.2) is 0 Å². The second-order valence-corrected chi connectivity index (χ2v) is 6.57. The summed E-state index contributed by atoms with van der Waals surface area (Å²) in [5.74, 6) is 0. The van der Waals surface area contributed by atoms with Crippen LogP contribution in [-0.4, -0.2) is 16.0 Å². The van der Waals surface area contributed by atoms with Gasteiger partial charge in [0.1, 0.15) is 0 Å². The first-order chi connectivity index (χ1) is 8.74. The van der Waals surface area contributed by atoms with Gasteiger partial charge in [-0.25, -0.2) is 0 Å². The number of halogens is 1. The highest BCUT2D eigenvalue weighted by atomic mass is 79.9. The first-order valence-corrected chi connectivity index (χ1v) is 7.63. The molecule has 0 amide bonds. The molecular weight excluding hydrogens is 294 g/mol. The average molecular weight is 312 g/mol. The van der Waals surface area contributed by atoms with E-state index in [1.807, 2.05) is 16.8 Å². The van der Waals surface area contributed by atoms with Gasteiger partial charge in [0.2, 0.25) is 0 Å². The van der Waals surface area contributed by atoms with E-state index in [0.717, 1.165) is 37.9 Å². The van der Waals surface area contributed by atoms with Gasteiger partial charge in [-0.15, -0.1) is 0 Å². The molecule has 1 aliphatic carbocycles. The van der Waals surface area contributed by atoms with Gasteiger partial charge < -0.3 is 9.30 Å². The van der Waals surface area contributed by atoms with E-state index >= 15 is 0 Å². The smallest absolute Gasteiger partial charge is 0.250 e. The van der Waals surface area contributed by atoms with Crippen LogP contribution in [-0.2, 0) is 4.74 Å². The Morgan fingerprint density at radius 3 is 2.78 bits per heavy atom. The van der Waals surface area contributed by atoms with Crippen molar-refractivity contribution in [3.63, 3.8) is 0 Å². The van der Waals surface area contributed by atoms with Gasteiger partial charge in [0.05, 0.1) is 6.10 Å². The number of alkyl halides is 1. The van der Waals surface area contributed by atoms with Gasteiger partial charge in [0.25, 0.3) is 5.56 Å². The van der Waals surface area contributed by atoms with E-state index in [1.54, 1.807) is 6.07 Å². The minimum Gasteiger partial charge on any atom is -0.373 e. The van der Waals surface area contributed by atoms with Crippen LogP contribution in [0.1, 0.15) is 49.8 Å². The molecule has 1 aliphatic heterocycles. The Balaban J connectivity index is 1.85. The predicted octanol–water partition coefficient (Wildman–Crippen LogP) is 3.19. The Morgan fingerprint density at radius 1 is 1.28 bits per heavy atom. The van der Waals surface area contributed by atoms with Crippen molar-refractivity contribution in [3.05, 3.63) is 34.2 Å². The van der Waals surface area contributed by atoms with Crippen molar-refractivity contribution < 1.29 is 4.74 Å². The summed E-state index contributed by atoms with van der Waals surface area (Å²) in [5.41, 5.74) is 1.26. The zero-order valence-electron chi connectivity index (χ0n) is 10.3. The molecule has 2 heterocycles. The molecule has 0 radical (unpaired) electrons. The molecule has 1 saturated heterocycles. The number of rotatable bonds is 2. The van der Waals surface area contributed by atoms with E-state index in [0.29, 0.717) is 10.9 Å². The molecule has 3 nitrogen and oxygen atoms in total. The highest BCUT2D eigenvalue weighted by molar-refractivity contribution is 9.09. The molecule has 0 bridgehead atoms. The molecule has 1 saturated carbocycles. The van der Waals surface area contributed by atoms with Gasteiger partial charge in [0, 0.05) is 29.7 Å². The second kappa shape index (κ2) is 5.17. The van der Waals surface area contributed by atoms with E-state index in [9.17, 15) is 4.79 Å². The maximum Gasteiger partial charge on any atom is 0.250 e. The van der Waals surface area contributed by atoms with Crippen molar-refractivity contribution in [3.8, 4) is 0 Å². The third kappa shape index (κ3) is 2.41. The Kier molecular flexibility index (Phi) is 3.57. The van der Waals surface area contributed by atoms with Crippen molar-refractivity contribution in [2.45, 2.75) is 49.1 Å². The largest absolute Gasteiger partial charge is 0.373 e. The minimum absolute atomic E-state index is 0.120. The zero-order valence-corrected chi connectivity index (χ0v) is 11.9. The molecule has 98 valence electrons. The number of hydrogen-bond donors (Lipinski definition) is 0. The van der Waals surface area contributed by atoms with Crippen LogP contribution in [0.3, 0.4) is 0 Å². The third-order valence-corrected chi connectivity index (χ3v) is 4.85. The van der Waals surface area contributed by atoms with E-state index < -0.39 is 0 Å². The fraction of sp³-hybridized carbons (Fsp3) is 0.643. The first kappa shape index (κ1) is 12.4.